The highest BCUT2D eigenvalue weighted by atomic mass is 16.6. The lowest BCUT2D eigenvalue weighted by Crippen LogP contribution is -2.30. The standard InChI is InChI=1S/C73H140O6/c1-4-7-10-13-16-19-22-25-27-29-31-32-33-34-35-36-37-38-39-40-42-43-45-48-51-54-57-60-63-66-72(75)78-69-70(68-77-71(74)65-62-59-56-53-50-47-24-21-18-15-12-9-6-3)79-73(76)67-64-61-58-55-52-49-46-44-41-30-28-26-23-20-17-14-11-8-5-2/h29,31,70H,4-28,30,32-69H2,1-3H3/b31-29-. The second kappa shape index (κ2) is 68.6. The summed E-state index contributed by atoms with van der Waals surface area (Å²) in [5.74, 6) is -0.824. The molecule has 0 N–H and O–H groups in total. The van der Waals surface area contributed by atoms with E-state index < -0.39 is 6.10 Å². The predicted octanol–water partition coefficient (Wildman–Crippen LogP) is 24.8. The van der Waals surface area contributed by atoms with E-state index >= 15 is 0 Å². The van der Waals surface area contributed by atoms with Crippen molar-refractivity contribution in [2.24, 2.45) is 0 Å². The van der Waals surface area contributed by atoms with Crippen molar-refractivity contribution < 1.29 is 28.6 Å². The van der Waals surface area contributed by atoms with E-state index in [0.29, 0.717) is 19.3 Å². The first kappa shape index (κ1) is 77.2. The minimum atomic E-state index is -0.765. The van der Waals surface area contributed by atoms with E-state index in [1.54, 1.807) is 0 Å². The average Bonchev–Trinajstić information content (AvgIpc) is 3.45. The molecule has 1 atom stereocenters. The van der Waals surface area contributed by atoms with Crippen molar-refractivity contribution >= 4 is 17.9 Å². The Morgan fingerprint density at radius 3 is 0.633 bits per heavy atom. The van der Waals surface area contributed by atoms with E-state index in [4.69, 9.17) is 14.2 Å². The average molecular weight is 1110 g/mol. The molecule has 0 aliphatic carbocycles. The Bertz CT molecular complexity index is 1230. The van der Waals surface area contributed by atoms with Crippen molar-refractivity contribution in [3.8, 4) is 0 Å². The van der Waals surface area contributed by atoms with Crippen LogP contribution >= 0.6 is 0 Å². The lowest BCUT2D eigenvalue weighted by Gasteiger charge is -2.18. The van der Waals surface area contributed by atoms with Crippen LogP contribution in [0.15, 0.2) is 12.2 Å². The maximum atomic E-state index is 12.9. The van der Waals surface area contributed by atoms with Crippen molar-refractivity contribution in [3.05, 3.63) is 12.2 Å². The van der Waals surface area contributed by atoms with Crippen LogP contribution in [0.3, 0.4) is 0 Å². The Labute approximate surface area is 494 Å². The Hall–Kier alpha value is -1.85. The van der Waals surface area contributed by atoms with Crippen LogP contribution in [0.5, 0.6) is 0 Å². The summed E-state index contributed by atoms with van der Waals surface area (Å²) in [6.07, 6.45) is 82.5. The molecule has 79 heavy (non-hydrogen) atoms. The van der Waals surface area contributed by atoms with Crippen LogP contribution < -0.4 is 0 Å². The minimum Gasteiger partial charge on any atom is -0.462 e. The topological polar surface area (TPSA) is 78.9 Å². The van der Waals surface area contributed by atoms with Gasteiger partial charge in [0.2, 0.25) is 0 Å². The van der Waals surface area contributed by atoms with Gasteiger partial charge in [0.05, 0.1) is 0 Å². The quantitative estimate of drug-likeness (QED) is 0.0261. The number of hydrogen-bond donors (Lipinski definition) is 0. The maximum Gasteiger partial charge on any atom is 0.306 e. The van der Waals surface area contributed by atoms with Crippen molar-refractivity contribution in [3.63, 3.8) is 0 Å². The van der Waals surface area contributed by atoms with Gasteiger partial charge in [0.1, 0.15) is 13.2 Å². The van der Waals surface area contributed by atoms with E-state index in [1.165, 1.54) is 321 Å². The van der Waals surface area contributed by atoms with Crippen LogP contribution in [0, 0.1) is 0 Å². The van der Waals surface area contributed by atoms with Crippen LogP contribution in [0.25, 0.3) is 0 Å². The Morgan fingerprint density at radius 2 is 0.418 bits per heavy atom. The molecule has 0 radical (unpaired) electrons. The van der Waals surface area contributed by atoms with Crippen molar-refractivity contribution in [2.75, 3.05) is 13.2 Å². The maximum absolute atomic E-state index is 12.9. The van der Waals surface area contributed by atoms with Gasteiger partial charge in [-0.25, -0.2) is 0 Å². The van der Waals surface area contributed by atoms with Gasteiger partial charge in [-0.2, -0.15) is 0 Å². The fraction of sp³-hybridized carbons (Fsp3) is 0.932. The molecule has 6 nitrogen and oxygen atoms in total. The molecule has 468 valence electrons. The van der Waals surface area contributed by atoms with Crippen LogP contribution in [0.4, 0.5) is 0 Å². The van der Waals surface area contributed by atoms with Crippen LogP contribution in [-0.4, -0.2) is 37.2 Å². The van der Waals surface area contributed by atoms with Crippen LogP contribution in [0.2, 0.25) is 0 Å². The zero-order chi connectivity index (χ0) is 57.1. The zero-order valence-electron chi connectivity index (χ0n) is 53.9. The number of hydrogen-bond acceptors (Lipinski definition) is 6. The molecule has 0 aromatic rings. The van der Waals surface area contributed by atoms with Crippen LogP contribution in [-0.2, 0) is 28.6 Å². The van der Waals surface area contributed by atoms with E-state index in [0.717, 1.165) is 57.8 Å². The fourth-order valence-corrected chi connectivity index (χ4v) is 11.3. The molecule has 0 saturated heterocycles. The molecule has 0 heterocycles. The van der Waals surface area contributed by atoms with Crippen LogP contribution in [0.1, 0.15) is 419 Å². The van der Waals surface area contributed by atoms with Gasteiger partial charge in [-0.3, -0.25) is 14.4 Å². The number of rotatable bonds is 68. The van der Waals surface area contributed by atoms with Crippen molar-refractivity contribution in [2.45, 2.75) is 425 Å². The highest BCUT2D eigenvalue weighted by Gasteiger charge is 2.20. The molecule has 1 unspecified atom stereocenters. The molecule has 0 aliphatic rings. The second-order valence-electron chi connectivity index (χ2n) is 24.9. The summed E-state index contributed by atoms with van der Waals surface area (Å²) in [6.45, 7) is 6.73. The number of allylic oxidation sites excluding steroid dienone is 2. The first-order valence-electron chi connectivity index (χ1n) is 36.2. The number of carbonyl (C=O) groups is 3. The van der Waals surface area contributed by atoms with Gasteiger partial charge < -0.3 is 14.2 Å². The van der Waals surface area contributed by atoms with Crippen molar-refractivity contribution in [1.29, 1.82) is 0 Å². The molecule has 6 heteroatoms. The summed E-state index contributed by atoms with van der Waals surface area (Å²) in [5, 5.41) is 0. The predicted molar refractivity (Wildman–Crippen MR) is 344 cm³/mol. The largest absolute Gasteiger partial charge is 0.462 e. The number of esters is 3. The Balaban J connectivity index is 4.15. The Kier molecular flexibility index (Phi) is 67.0. The molecule has 0 aromatic carbocycles. The third kappa shape index (κ3) is 66.8. The lowest BCUT2D eigenvalue weighted by atomic mass is 10.0. The molecule has 0 amide bonds. The summed E-state index contributed by atoms with van der Waals surface area (Å²) in [6, 6.07) is 0. The third-order valence-corrected chi connectivity index (χ3v) is 16.8. The Morgan fingerprint density at radius 1 is 0.241 bits per heavy atom. The van der Waals surface area contributed by atoms with E-state index in [2.05, 4.69) is 32.9 Å². The number of ether oxygens (including phenoxy) is 3. The second-order valence-corrected chi connectivity index (χ2v) is 24.9. The highest BCUT2D eigenvalue weighted by molar-refractivity contribution is 5.71. The minimum absolute atomic E-state index is 0.0620. The van der Waals surface area contributed by atoms with Gasteiger partial charge >= 0.3 is 17.9 Å². The summed E-state index contributed by atoms with van der Waals surface area (Å²) in [5.41, 5.74) is 0. The summed E-state index contributed by atoms with van der Waals surface area (Å²) in [4.78, 5) is 38.4. The number of unbranched alkanes of at least 4 members (excludes halogenated alkanes) is 55. The van der Waals surface area contributed by atoms with E-state index in [-0.39, 0.29) is 31.1 Å². The monoisotopic (exact) mass is 1110 g/mol. The van der Waals surface area contributed by atoms with Gasteiger partial charge in [0, 0.05) is 19.3 Å². The molecule has 0 aromatic heterocycles. The van der Waals surface area contributed by atoms with E-state index in [9.17, 15) is 14.4 Å². The third-order valence-electron chi connectivity index (χ3n) is 16.8. The number of carbonyl (C=O) groups excluding carboxylic acids is 3. The lowest BCUT2D eigenvalue weighted by molar-refractivity contribution is -0.167. The zero-order valence-corrected chi connectivity index (χ0v) is 53.9. The molecule has 0 spiro atoms. The molecule has 0 saturated carbocycles. The SMILES string of the molecule is CCCCCCCCCC/C=C\CCCCCCCCCCCCCCCCCCCC(=O)OCC(COC(=O)CCCCCCCCCCCCCCC)OC(=O)CCCCCCCCCCCCCCCCCCCCC. The van der Waals surface area contributed by atoms with Crippen molar-refractivity contribution in [1.82, 2.24) is 0 Å². The van der Waals surface area contributed by atoms with E-state index in [1.807, 2.05) is 0 Å². The molecular formula is C73H140O6. The molecule has 0 aliphatic heterocycles. The van der Waals surface area contributed by atoms with Gasteiger partial charge in [0.25, 0.3) is 0 Å². The summed E-state index contributed by atoms with van der Waals surface area (Å²) >= 11 is 0. The fourth-order valence-electron chi connectivity index (χ4n) is 11.3. The highest BCUT2D eigenvalue weighted by Crippen LogP contribution is 2.19. The van der Waals surface area contributed by atoms with Gasteiger partial charge in [0.15, 0.2) is 6.10 Å². The van der Waals surface area contributed by atoms with Gasteiger partial charge in [-0.15, -0.1) is 0 Å². The normalized spacial score (nSPS) is 12.0. The molecule has 0 fully saturated rings. The first-order chi connectivity index (χ1) is 39.0. The first-order valence-corrected chi connectivity index (χ1v) is 36.2. The van der Waals surface area contributed by atoms with Gasteiger partial charge in [-0.05, 0) is 44.9 Å². The molecule has 0 bridgehead atoms. The summed E-state index contributed by atoms with van der Waals surface area (Å²) in [7, 11) is 0. The smallest absolute Gasteiger partial charge is 0.306 e. The van der Waals surface area contributed by atoms with Gasteiger partial charge in [-0.1, -0.05) is 367 Å². The molecular weight excluding hydrogens is 973 g/mol. The molecule has 0 rings (SSSR count). The summed E-state index contributed by atoms with van der Waals surface area (Å²) < 4.78 is 17.0.